The summed E-state index contributed by atoms with van der Waals surface area (Å²) in [6.45, 7) is 3.44. The molecule has 3 N–H and O–H groups in total. The van der Waals surface area contributed by atoms with Crippen LogP contribution in [0.4, 0.5) is 0 Å². The van der Waals surface area contributed by atoms with Crippen LogP contribution in [0.15, 0.2) is 35.5 Å². The number of guanidine groups is 1. The molecule has 0 radical (unpaired) electrons. The number of aryl methyl sites for hydroxylation is 1. The highest BCUT2D eigenvalue weighted by molar-refractivity contribution is 14.0. The van der Waals surface area contributed by atoms with Crippen LogP contribution in [0.3, 0.4) is 0 Å². The van der Waals surface area contributed by atoms with Crippen LogP contribution in [-0.2, 0) is 35.2 Å². The molecule has 156 valence electrons. The maximum Gasteiger partial charge on any atom is 0.215 e. The van der Waals surface area contributed by atoms with Gasteiger partial charge in [0.15, 0.2) is 5.96 Å². The minimum absolute atomic E-state index is 0. The SMILES string of the molecule is CCc1cnc(CCNC(=NC)NCc2cccc(CS(=O)(=O)NC)c2)s1.I. The molecule has 0 aliphatic heterocycles. The average Bonchev–Trinajstić information content (AvgIpc) is 3.12. The molecule has 0 aliphatic rings. The van der Waals surface area contributed by atoms with Gasteiger partial charge in [0.2, 0.25) is 10.0 Å². The van der Waals surface area contributed by atoms with Gasteiger partial charge in [0, 0.05) is 37.6 Å². The zero-order valence-electron chi connectivity index (χ0n) is 16.4. The van der Waals surface area contributed by atoms with E-state index in [0.29, 0.717) is 12.5 Å². The highest BCUT2D eigenvalue weighted by Gasteiger charge is 2.09. The van der Waals surface area contributed by atoms with E-state index in [2.05, 4.69) is 32.3 Å². The van der Waals surface area contributed by atoms with Crippen LogP contribution in [0.25, 0.3) is 0 Å². The highest BCUT2D eigenvalue weighted by atomic mass is 127. The molecular weight excluding hydrogens is 509 g/mol. The molecular formula is C18H28IN5O2S2. The predicted octanol–water partition coefficient (Wildman–Crippen LogP) is 2.28. The van der Waals surface area contributed by atoms with E-state index in [1.165, 1.54) is 11.9 Å². The van der Waals surface area contributed by atoms with E-state index in [4.69, 9.17) is 0 Å². The summed E-state index contributed by atoms with van der Waals surface area (Å²) in [5.74, 6) is 0.674. The number of aliphatic imine (C=N–C) groups is 1. The second kappa shape index (κ2) is 12.3. The number of hydrogen-bond donors (Lipinski definition) is 3. The van der Waals surface area contributed by atoms with Gasteiger partial charge in [0.25, 0.3) is 0 Å². The third-order valence-electron chi connectivity index (χ3n) is 3.92. The fourth-order valence-corrected chi connectivity index (χ4v) is 4.07. The van der Waals surface area contributed by atoms with E-state index < -0.39 is 10.0 Å². The first-order valence-corrected chi connectivity index (χ1v) is 11.3. The summed E-state index contributed by atoms with van der Waals surface area (Å²) >= 11 is 1.74. The number of nitrogens with zero attached hydrogens (tertiary/aromatic N) is 2. The smallest absolute Gasteiger partial charge is 0.215 e. The molecule has 0 aliphatic carbocycles. The van der Waals surface area contributed by atoms with Gasteiger partial charge in [-0.05, 0) is 24.6 Å². The Kier molecular flexibility index (Phi) is 10.9. The summed E-state index contributed by atoms with van der Waals surface area (Å²) in [4.78, 5) is 9.93. The third-order valence-corrected chi connectivity index (χ3v) is 6.46. The molecule has 1 aromatic carbocycles. The fraction of sp³-hybridized carbons (Fsp3) is 0.444. The Morgan fingerprint density at radius 2 is 2.00 bits per heavy atom. The third kappa shape index (κ3) is 8.41. The van der Waals surface area contributed by atoms with Gasteiger partial charge in [0.05, 0.1) is 10.8 Å². The lowest BCUT2D eigenvalue weighted by atomic mass is 10.1. The van der Waals surface area contributed by atoms with Gasteiger partial charge < -0.3 is 10.6 Å². The summed E-state index contributed by atoms with van der Waals surface area (Å²) in [5, 5.41) is 7.65. The molecule has 2 aromatic rings. The first-order valence-electron chi connectivity index (χ1n) is 8.83. The topological polar surface area (TPSA) is 95.5 Å². The maximum absolute atomic E-state index is 11.7. The van der Waals surface area contributed by atoms with Crippen molar-refractivity contribution in [3.05, 3.63) is 51.5 Å². The van der Waals surface area contributed by atoms with Crippen molar-refractivity contribution in [2.75, 3.05) is 20.6 Å². The number of sulfonamides is 1. The lowest BCUT2D eigenvalue weighted by Gasteiger charge is -2.12. The molecule has 0 spiro atoms. The van der Waals surface area contributed by atoms with Gasteiger partial charge in [-0.2, -0.15) is 0 Å². The van der Waals surface area contributed by atoms with Crippen LogP contribution < -0.4 is 15.4 Å². The minimum atomic E-state index is -3.28. The second-order valence-corrected chi connectivity index (χ2v) is 9.09. The molecule has 0 saturated carbocycles. The first-order chi connectivity index (χ1) is 13.0. The van der Waals surface area contributed by atoms with Crippen LogP contribution in [0.2, 0.25) is 0 Å². The van der Waals surface area contributed by atoms with Crippen molar-refractivity contribution in [1.29, 1.82) is 0 Å². The second-order valence-electron chi connectivity index (χ2n) is 5.96. The van der Waals surface area contributed by atoms with E-state index in [-0.39, 0.29) is 29.7 Å². The molecule has 1 aromatic heterocycles. The lowest BCUT2D eigenvalue weighted by molar-refractivity contribution is 0.587. The van der Waals surface area contributed by atoms with Crippen LogP contribution in [0, 0.1) is 0 Å². The Hall–Kier alpha value is -1.24. The maximum atomic E-state index is 11.7. The number of aromatic nitrogens is 1. The van der Waals surface area contributed by atoms with Crippen molar-refractivity contribution >= 4 is 51.3 Å². The van der Waals surface area contributed by atoms with Crippen molar-refractivity contribution in [2.24, 2.45) is 4.99 Å². The lowest BCUT2D eigenvalue weighted by Crippen LogP contribution is -2.37. The van der Waals surface area contributed by atoms with Crippen molar-refractivity contribution < 1.29 is 8.42 Å². The number of hydrogen-bond acceptors (Lipinski definition) is 5. The Labute approximate surface area is 188 Å². The number of benzene rings is 1. The summed E-state index contributed by atoms with van der Waals surface area (Å²) in [5.41, 5.74) is 1.75. The number of halogens is 1. The summed E-state index contributed by atoms with van der Waals surface area (Å²) in [6, 6.07) is 7.51. The number of thiazole rings is 1. The zero-order valence-corrected chi connectivity index (χ0v) is 20.3. The summed E-state index contributed by atoms with van der Waals surface area (Å²) in [7, 11) is -0.128. The van der Waals surface area contributed by atoms with Crippen LogP contribution in [0.1, 0.15) is 27.9 Å². The molecule has 0 fully saturated rings. The zero-order chi connectivity index (χ0) is 19.7. The standard InChI is InChI=1S/C18H27N5O2S2.HI/c1-4-16-12-22-17(26-16)8-9-21-18(19-2)23-11-14-6-5-7-15(10-14)13-27(24,25)20-3;/h5-7,10,12,20H,4,8-9,11,13H2,1-3H3,(H2,19,21,23);1H. The summed E-state index contributed by atoms with van der Waals surface area (Å²) < 4.78 is 25.7. The quantitative estimate of drug-likeness (QED) is 0.259. The Morgan fingerprint density at radius 3 is 2.64 bits per heavy atom. The monoisotopic (exact) mass is 537 g/mol. The number of nitrogens with one attached hydrogen (secondary N) is 3. The molecule has 1 heterocycles. The molecule has 0 saturated heterocycles. The molecule has 0 atom stereocenters. The molecule has 28 heavy (non-hydrogen) atoms. The molecule has 7 nitrogen and oxygen atoms in total. The van der Waals surface area contributed by atoms with Crippen LogP contribution >= 0.6 is 35.3 Å². The van der Waals surface area contributed by atoms with Crippen molar-refractivity contribution in [3.63, 3.8) is 0 Å². The highest BCUT2D eigenvalue weighted by Crippen LogP contribution is 2.13. The van der Waals surface area contributed by atoms with E-state index in [0.717, 1.165) is 35.5 Å². The molecule has 0 amide bonds. The van der Waals surface area contributed by atoms with E-state index in [1.54, 1.807) is 18.4 Å². The van der Waals surface area contributed by atoms with Gasteiger partial charge in [-0.25, -0.2) is 18.1 Å². The van der Waals surface area contributed by atoms with Crippen molar-refractivity contribution in [1.82, 2.24) is 20.3 Å². The fourth-order valence-electron chi connectivity index (χ4n) is 2.44. The van der Waals surface area contributed by atoms with Crippen molar-refractivity contribution in [2.45, 2.75) is 32.1 Å². The largest absolute Gasteiger partial charge is 0.356 e. The normalized spacial score (nSPS) is 11.8. The van der Waals surface area contributed by atoms with Gasteiger partial charge in [-0.3, -0.25) is 4.99 Å². The van der Waals surface area contributed by atoms with Gasteiger partial charge in [-0.1, -0.05) is 31.2 Å². The molecule has 2 rings (SSSR count). The minimum Gasteiger partial charge on any atom is -0.356 e. The Morgan fingerprint density at radius 1 is 1.25 bits per heavy atom. The molecule has 0 bridgehead atoms. The Bertz CT molecular complexity index is 868. The summed E-state index contributed by atoms with van der Waals surface area (Å²) in [6.07, 6.45) is 3.81. The van der Waals surface area contributed by atoms with Gasteiger partial charge in [0.1, 0.15) is 0 Å². The Balaban J connectivity index is 0.00000392. The van der Waals surface area contributed by atoms with Gasteiger partial charge in [-0.15, -0.1) is 35.3 Å². The van der Waals surface area contributed by atoms with Gasteiger partial charge >= 0.3 is 0 Å². The molecule has 0 unspecified atom stereocenters. The molecule has 10 heteroatoms. The number of rotatable bonds is 9. The van der Waals surface area contributed by atoms with E-state index in [9.17, 15) is 8.42 Å². The average molecular weight is 537 g/mol. The first kappa shape index (κ1) is 24.8. The van der Waals surface area contributed by atoms with E-state index in [1.807, 2.05) is 30.5 Å². The van der Waals surface area contributed by atoms with Crippen molar-refractivity contribution in [3.8, 4) is 0 Å². The van der Waals surface area contributed by atoms with Crippen LogP contribution in [-0.4, -0.2) is 40.0 Å². The van der Waals surface area contributed by atoms with E-state index >= 15 is 0 Å². The van der Waals surface area contributed by atoms with Crippen LogP contribution in [0.5, 0.6) is 0 Å². The predicted molar refractivity (Wildman–Crippen MR) is 127 cm³/mol.